The van der Waals surface area contributed by atoms with Crippen molar-refractivity contribution in [3.05, 3.63) is 48.7 Å². The summed E-state index contributed by atoms with van der Waals surface area (Å²) in [6, 6.07) is 9.52. The van der Waals surface area contributed by atoms with Crippen molar-refractivity contribution in [1.82, 2.24) is 24.7 Å². The quantitative estimate of drug-likeness (QED) is 0.696. The zero-order chi connectivity index (χ0) is 19.5. The third-order valence-electron chi connectivity index (χ3n) is 4.73. The Bertz CT molecular complexity index is 970. The van der Waals surface area contributed by atoms with Gasteiger partial charge in [0.1, 0.15) is 18.0 Å². The molecule has 144 valence electrons. The summed E-state index contributed by atoms with van der Waals surface area (Å²) >= 11 is 0. The number of anilines is 3. The second-order valence-electron chi connectivity index (χ2n) is 6.77. The highest BCUT2D eigenvalue weighted by Crippen LogP contribution is 2.23. The van der Waals surface area contributed by atoms with Gasteiger partial charge in [0.25, 0.3) is 0 Å². The average Bonchev–Trinajstić information content (AvgIpc) is 3.15. The highest BCUT2D eigenvalue weighted by Gasteiger charge is 2.26. The minimum Gasteiger partial charge on any atom is -0.481 e. The summed E-state index contributed by atoms with van der Waals surface area (Å²) in [4.78, 5) is 26.2. The van der Waals surface area contributed by atoms with E-state index in [2.05, 4.69) is 25.4 Å². The lowest BCUT2D eigenvalue weighted by Crippen LogP contribution is -2.39. The van der Waals surface area contributed by atoms with Crippen molar-refractivity contribution in [3.8, 4) is 5.69 Å². The molecule has 2 N–H and O–H groups in total. The highest BCUT2D eigenvalue weighted by molar-refractivity contribution is 5.71. The summed E-state index contributed by atoms with van der Waals surface area (Å²) in [7, 11) is 0. The summed E-state index contributed by atoms with van der Waals surface area (Å²) in [5, 5.41) is 16.8. The average molecular weight is 379 g/mol. The van der Waals surface area contributed by atoms with E-state index in [9.17, 15) is 9.90 Å². The number of piperidine rings is 1. The van der Waals surface area contributed by atoms with E-state index in [1.807, 2.05) is 42.2 Å². The van der Waals surface area contributed by atoms with E-state index in [1.165, 1.54) is 0 Å². The van der Waals surface area contributed by atoms with Crippen LogP contribution in [-0.2, 0) is 4.79 Å². The minimum atomic E-state index is -0.750. The molecule has 9 heteroatoms. The van der Waals surface area contributed by atoms with Crippen LogP contribution in [0.1, 0.15) is 18.7 Å². The molecule has 0 spiro atoms. The maximum absolute atomic E-state index is 11.3. The fourth-order valence-electron chi connectivity index (χ4n) is 3.27. The Balaban J connectivity index is 1.47. The van der Waals surface area contributed by atoms with Gasteiger partial charge in [-0.25, -0.2) is 14.6 Å². The summed E-state index contributed by atoms with van der Waals surface area (Å²) in [6.07, 6.45) is 4.90. The van der Waals surface area contributed by atoms with Crippen molar-refractivity contribution in [2.45, 2.75) is 19.8 Å². The Morgan fingerprint density at radius 1 is 1.21 bits per heavy atom. The zero-order valence-electron chi connectivity index (χ0n) is 15.5. The van der Waals surface area contributed by atoms with Gasteiger partial charge in [-0.3, -0.25) is 4.79 Å². The smallest absolute Gasteiger partial charge is 0.308 e. The molecule has 1 atom stereocenters. The number of rotatable bonds is 5. The van der Waals surface area contributed by atoms with E-state index in [0.717, 1.165) is 36.0 Å². The molecule has 2 aromatic heterocycles. The SMILES string of the molecule is Cc1ncn(-c2ccc(Nc3nccc(N4CCCC(C(=O)O)C4)n3)cc2)n1. The fraction of sp³-hybridized carbons (Fsp3) is 0.316. The molecular weight excluding hydrogens is 358 g/mol. The van der Waals surface area contributed by atoms with Gasteiger partial charge in [0.15, 0.2) is 0 Å². The third-order valence-corrected chi connectivity index (χ3v) is 4.73. The molecule has 1 aliphatic heterocycles. The van der Waals surface area contributed by atoms with Gasteiger partial charge < -0.3 is 15.3 Å². The number of aliphatic carboxylic acids is 1. The van der Waals surface area contributed by atoms with Crippen LogP contribution in [0, 0.1) is 12.8 Å². The van der Waals surface area contributed by atoms with Gasteiger partial charge >= 0.3 is 5.97 Å². The topological polar surface area (TPSA) is 109 Å². The highest BCUT2D eigenvalue weighted by atomic mass is 16.4. The lowest BCUT2D eigenvalue weighted by atomic mass is 9.98. The predicted octanol–water partition coefficient (Wildman–Crippen LogP) is 2.41. The molecule has 1 saturated heterocycles. The molecule has 28 heavy (non-hydrogen) atoms. The largest absolute Gasteiger partial charge is 0.481 e. The molecule has 3 heterocycles. The summed E-state index contributed by atoms with van der Waals surface area (Å²) < 4.78 is 1.71. The van der Waals surface area contributed by atoms with Crippen molar-refractivity contribution in [1.29, 1.82) is 0 Å². The maximum Gasteiger partial charge on any atom is 0.308 e. The molecule has 3 aromatic rings. The Morgan fingerprint density at radius 3 is 2.75 bits per heavy atom. The lowest BCUT2D eigenvalue weighted by molar-refractivity contribution is -0.141. The van der Waals surface area contributed by atoms with E-state index in [-0.39, 0.29) is 5.92 Å². The number of nitrogens with one attached hydrogen (secondary N) is 1. The minimum absolute atomic E-state index is 0.354. The molecule has 9 nitrogen and oxygen atoms in total. The Morgan fingerprint density at radius 2 is 2.04 bits per heavy atom. The van der Waals surface area contributed by atoms with Gasteiger partial charge in [0, 0.05) is 25.0 Å². The van der Waals surface area contributed by atoms with Gasteiger partial charge in [-0.2, -0.15) is 10.1 Å². The molecule has 1 fully saturated rings. The van der Waals surface area contributed by atoms with E-state index < -0.39 is 5.97 Å². The van der Waals surface area contributed by atoms with Crippen molar-refractivity contribution in [2.24, 2.45) is 5.92 Å². The van der Waals surface area contributed by atoms with Gasteiger partial charge in [-0.15, -0.1) is 0 Å². The number of aryl methyl sites for hydroxylation is 1. The maximum atomic E-state index is 11.3. The lowest BCUT2D eigenvalue weighted by Gasteiger charge is -2.31. The molecule has 4 rings (SSSR count). The fourth-order valence-corrected chi connectivity index (χ4v) is 3.27. The zero-order valence-corrected chi connectivity index (χ0v) is 15.5. The van der Waals surface area contributed by atoms with E-state index in [0.29, 0.717) is 18.9 Å². The first-order chi connectivity index (χ1) is 13.6. The van der Waals surface area contributed by atoms with Crippen molar-refractivity contribution in [2.75, 3.05) is 23.3 Å². The van der Waals surface area contributed by atoms with Crippen LogP contribution in [0.5, 0.6) is 0 Å². The molecule has 1 unspecified atom stereocenters. The van der Waals surface area contributed by atoms with Crippen molar-refractivity contribution < 1.29 is 9.90 Å². The molecule has 1 aliphatic rings. The number of hydrogen-bond donors (Lipinski definition) is 2. The molecule has 0 amide bonds. The van der Waals surface area contributed by atoms with Crippen LogP contribution in [0.3, 0.4) is 0 Å². The van der Waals surface area contributed by atoms with E-state index in [4.69, 9.17) is 0 Å². The summed E-state index contributed by atoms with van der Waals surface area (Å²) in [5.41, 5.74) is 1.76. The van der Waals surface area contributed by atoms with Crippen LogP contribution < -0.4 is 10.2 Å². The number of aromatic nitrogens is 5. The number of hydrogen-bond acceptors (Lipinski definition) is 7. The number of benzene rings is 1. The molecule has 0 radical (unpaired) electrons. The van der Waals surface area contributed by atoms with Gasteiger partial charge in [-0.05, 0) is 50.1 Å². The number of carbonyl (C=O) groups is 1. The van der Waals surface area contributed by atoms with Crippen LogP contribution in [0.25, 0.3) is 5.69 Å². The van der Waals surface area contributed by atoms with Crippen LogP contribution in [0.15, 0.2) is 42.9 Å². The first-order valence-corrected chi connectivity index (χ1v) is 9.15. The Labute approximate surface area is 162 Å². The van der Waals surface area contributed by atoms with Gasteiger partial charge in [-0.1, -0.05) is 0 Å². The van der Waals surface area contributed by atoms with Crippen LogP contribution >= 0.6 is 0 Å². The van der Waals surface area contributed by atoms with E-state index in [1.54, 1.807) is 17.2 Å². The van der Waals surface area contributed by atoms with E-state index >= 15 is 0 Å². The number of carboxylic acids is 1. The predicted molar refractivity (Wildman–Crippen MR) is 104 cm³/mol. The molecule has 0 aliphatic carbocycles. The standard InChI is InChI=1S/C19H21N7O2/c1-13-21-12-26(24-13)16-6-4-15(5-7-16)22-19-20-9-8-17(23-19)25-10-2-3-14(11-25)18(27)28/h4-9,12,14H,2-3,10-11H2,1H3,(H,27,28)(H,20,22,23). The van der Waals surface area contributed by atoms with Crippen molar-refractivity contribution in [3.63, 3.8) is 0 Å². The Kier molecular flexibility index (Phi) is 4.88. The molecule has 1 aromatic carbocycles. The monoisotopic (exact) mass is 379 g/mol. The third kappa shape index (κ3) is 3.93. The molecule has 0 saturated carbocycles. The summed E-state index contributed by atoms with van der Waals surface area (Å²) in [5.74, 6) is 0.820. The van der Waals surface area contributed by atoms with Crippen molar-refractivity contribution >= 4 is 23.4 Å². The van der Waals surface area contributed by atoms with Crippen LogP contribution in [-0.4, -0.2) is 48.9 Å². The number of carboxylic acid groups (broad SMARTS) is 1. The molecule has 0 bridgehead atoms. The normalized spacial score (nSPS) is 16.8. The second kappa shape index (κ2) is 7.63. The van der Waals surface area contributed by atoms with Gasteiger partial charge in [0.05, 0.1) is 11.6 Å². The first-order valence-electron chi connectivity index (χ1n) is 9.15. The van der Waals surface area contributed by atoms with Crippen LogP contribution in [0.2, 0.25) is 0 Å². The number of nitrogens with zero attached hydrogens (tertiary/aromatic N) is 6. The summed E-state index contributed by atoms with van der Waals surface area (Å²) in [6.45, 7) is 3.11. The second-order valence-corrected chi connectivity index (χ2v) is 6.77. The first kappa shape index (κ1) is 17.9. The van der Waals surface area contributed by atoms with Crippen LogP contribution in [0.4, 0.5) is 17.5 Å². The molecular formula is C19H21N7O2. The van der Waals surface area contributed by atoms with Gasteiger partial charge in [0.2, 0.25) is 5.95 Å². The Hall–Kier alpha value is -3.49.